The summed E-state index contributed by atoms with van der Waals surface area (Å²) < 4.78 is 5.62. The lowest BCUT2D eigenvalue weighted by Gasteiger charge is -2.39. The number of carbonyl (C=O) groups is 6. The first-order chi connectivity index (χ1) is 19.6. The molecule has 0 spiro atoms. The number of cyclic esters (lactones) is 1. The van der Waals surface area contributed by atoms with Crippen LogP contribution in [0.25, 0.3) is 0 Å². The average Bonchev–Trinajstić information content (AvgIpc) is 2.92. The molecule has 0 aromatic heterocycles. The largest absolute Gasteiger partial charge is 0.452 e. The Kier molecular flexibility index (Phi) is 12.8. The molecule has 2 fully saturated rings. The van der Waals surface area contributed by atoms with E-state index in [0.29, 0.717) is 19.4 Å². The summed E-state index contributed by atoms with van der Waals surface area (Å²) in [7, 11) is 3.03. The van der Waals surface area contributed by atoms with Gasteiger partial charge in [-0.25, -0.2) is 0 Å². The van der Waals surface area contributed by atoms with Gasteiger partial charge in [0.15, 0.2) is 6.10 Å². The van der Waals surface area contributed by atoms with Gasteiger partial charge in [0.1, 0.15) is 24.2 Å². The lowest BCUT2D eigenvalue weighted by molar-refractivity contribution is -0.164. The fraction of sp³-hybridized carbons (Fsp3) is 0.800. The number of carbonyl (C=O) groups excluding carboxylic acids is 6. The highest BCUT2D eigenvalue weighted by Crippen LogP contribution is 2.23. The fourth-order valence-electron chi connectivity index (χ4n) is 5.53. The Bertz CT molecular complexity index is 1010. The molecule has 2 rings (SSSR count). The molecule has 0 bridgehead atoms. The molecule has 0 saturated carbocycles. The number of piperidine rings is 1. The zero-order valence-electron chi connectivity index (χ0n) is 26.8. The summed E-state index contributed by atoms with van der Waals surface area (Å²) in [6, 6.07) is -3.55. The summed E-state index contributed by atoms with van der Waals surface area (Å²) in [6.07, 6.45) is 0.876. The molecule has 42 heavy (non-hydrogen) atoms. The van der Waals surface area contributed by atoms with Gasteiger partial charge in [-0.2, -0.15) is 0 Å². The summed E-state index contributed by atoms with van der Waals surface area (Å²) in [5, 5.41) is 5.54. The highest BCUT2D eigenvalue weighted by Gasteiger charge is 2.41. The highest BCUT2D eigenvalue weighted by atomic mass is 16.5. The van der Waals surface area contributed by atoms with E-state index < -0.39 is 65.8 Å². The summed E-state index contributed by atoms with van der Waals surface area (Å²) >= 11 is 0. The molecule has 2 heterocycles. The number of fused-ring (bicyclic) bond motifs is 1. The second kappa shape index (κ2) is 15.3. The maximum atomic E-state index is 13.8. The maximum absolute atomic E-state index is 13.8. The van der Waals surface area contributed by atoms with E-state index in [9.17, 15) is 28.8 Å². The first kappa shape index (κ1) is 35.0. The molecule has 12 nitrogen and oxygen atoms in total. The van der Waals surface area contributed by atoms with Crippen LogP contribution in [0.4, 0.5) is 0 Å². The highest BCUT2D eigenvalue weighted by molar-refractivity contribution is 5.96. The van der Waals surface area contributed by atoms with E-state index in [1.54, 1.807) is 20.8 Å². The van der Waals surface area contributed by atoms with E-state index in [2.05, 4.69) is 10.6 Å². The Morgan fingerprint density at radius 2 is 1.48 bits per heavy atom. The number of amides is 5. The Balaban J connectivity index is 2.54. The third-order valence-electron chi connectivity index (χ3n) is 8.14. The average molecular weight is 594 g/mol. The van der Waals surface area contributed by atoms with E-state index in [0.717, 1.165) is 6.42 Å². The van der Waals surface area contributed by atoms with Gasteiger partial charge in [-0.1, -0.05) is 41.5 Å². The normalized spacial score (nSPS) is 28.3. The van der Waals surface area contributed by atoms with Gasteiger partial charge in [0, 0.05) is 27.2 Å². The second-order valence-electron chi connectivity index (χ2n) is 12.7. The minimum Gasteiger partial charge on any atom is -0.452 e. The van der Waals surface area contributed by atoms with Crippen LogP contribution in [0.15, 0.2) is 0 Å². The van der Waals surface area contributed by atoms with Crippen molar-refractivity contribution in [3.05, 3.63) is 0 Å². The molecule has 5 atom stereocenters. The summed E-state index contributed by atoms with van der Waals surface area (Å²) in [6.45, 7) is 12.9. The molecule has 0 radical (unpaired) electrons. The Hall–Kier alpha value is -3.18. The van der Waals surface area contributed by atoms with Crippen LogP contribution < -0.4 is 10.6 Å². The van der Waals surface area contributed by atoms with Crippen LogP contribution in [0.3, 0.4) is 0 Å². The Morgan fingerprint density at radius 1 is 0.833 bits per heavy atom. The molecule has 2 saturated heterocycles. The fourth-order valence-corrected chi connectivity index (χ4v) is 5.53. The van der Waals surface area contributed by atoms with E-state index in [-0.39, 0.29) is 37.1 Å². The zero-order chi connectivity index (χ0) is 31.9. The van der Waals surface area contributed by atoms with Crippen LogP contribution in [0.2, 0.25) is 0 Å². The van der Waals surface area contributed by atoms with Gasteiger partial charge in [-0.05, 0) is 50.4 Å². The lowest BCUT2D eigenvalue weighted by atomic mass is 9.95. The minimum atomic E-state index is -1.08. The molecule has 2 aliphatic rings. The van der Waals surface area contributed by atoms with Crippen LogP contribution in [-0.2, 0) is 33.5 Å². The van der Waals surface area contributed by atoms with Crippen LogP contribution in [0.5, 0.6) is 0 Å². The summed E-state index contributed by atoms with van der Waals surface area (Å²) in [5.74, 6) is -3.43. The standard InChI is InChI=1S/C30H51N5O7/c1-17(2)16-22-28(39)35-15-11-10-12-21(35)27(38)32-24(18(3)4)29(40)34(9)25(19(5)6)30(41)33(8)20(7)26(37)31-14-13-23(36)42-22/h17-22,24-25H,10-16H2,1-9H3,(H,31,37)(H,32,38). The quantitative estimate of drug-likeness (QED) is 0.468. The first-order valence-corrected chi connectivity index (χ1v) is 15.2. The molecule has 2 aliphatic heterocycles. The van der Waals surface area contributed by atoms with Gasteiger partial charge in [-0.15, -0.1) is 0 Å². The number of hydrogen-bond acceptors (Lipinski definition) is 7. The molecular weight excluding hydrogens is 542 g/mol. The molecular formula is C30H51N5O7. The number of likely N-dealkylation sites (N-methyl/N-ethyl adjacent to an activating group) is 2. The van der Waals surface area contributed by atoms with Crippen LogP contribution in [0.1, 0.15) is 80.6 Å². The number of esters is 1. The van der Waals surface area contributed by atoms with Gasteiger partial charge in [0.25, 0.3) is 5.91 Å². The van der Waals surface area contributed by atoms with Gasteiger partial charge < -0.3 is 30.1 Å². The van der Waals surface area contributed by atoms with Gasteiger partial charge in [0.05, 0.1) is 6.42 Å². The predicted molar refractivity (Wildman–Crippen MR) is 157 cm³/mol. The van der Waals surface area contributed by atoms with Crippen molar-refractivity contribution in [2.45, 2.75) is 111 Å². The van der Waals surface area contributed by atoms with Crippen molar-refractivity contribution in [1.29, 1.82) is 0 Å². The second-order valence-corrected chi connectivity index (χ2v) is 12.7. The van der Waals surface area contributed by atoms with Crippen LogP contribution in [0, 0.1) is 17.8 Å². The van der Waals surface area contributed by atoms with Crippen molar-refractivity contribution in [3.8, 4) is 0 Å². The molecule has 238 valence electrons. The lowest BCUT2D eigenvalue weighted by Crippen LogP contribution is -2.61. The third-order valence-corrected chi connectivity index (χ3v) is 8.14. The number of ether oxygens (including phenoxy) is 1. The first-order valence-electron chi connectivity index (χ1n) is 15.2. The van der Waals surface area contributed by atoms with Crippen LogP contribution in [-0.4, -0.2) is 108 Å². The third kappa shape index (κ3) is 8.67. The van der Waals surface area contributed by atoms with Crippen molar-refractivity contribution in [2.24, 2.45) is 17.8 Å². The van der Waals surface area contributed by atoms with Crippen molar-refractivity contribution < 1.29 is 33.5 Å². The maximum Gasteiger partial charge on any atom is 0.308 e. The van der Waals surface area contributed by atoms with Crippen molar-refractivity contribution >= 4 is 35.5 Å². The SMILES string of the molecule is CC(C)CC1OC(=O)CCNC(=O)C(C)N(C)C(=O)C(C(C)C)N(C)C(=O)C(C(C)C)NC(=O)C2CCCCN2C1=O. The summed E-state index contributed by atoms with van der Waals surface area (Å²) in [4.78, 5) is 84.7. The number of hydrogen-bond donors (Lipinski definition) is 2. The topological polar surface area (TPSA) is 145 Å². The van der Waals surface area contributed by atoms with Gasteiger partial charge in [0.2, 0.25) is 23.6 Å². The molecule has 5 unspecified atom stereocenters. The van der Waals surface area contributed by atoms with Crippen molar-refractivity contribution in [3.63, 3.8) is 0 Å². The Morgan fingerprint density at radius 3 is 2.05 bits per heavy atom. The van der Waals surface area contributed by atoms with Gasteiger partial charge >= 0.3 is 5.97 Å². The monoisotopic (exact) mass is 593 g/mol. The van der Waals surface area contributed by atoms with Crippen LogP contribution >= 0.6 is 0 Å². The predicted octanol–water partition coefficient (Wildman–Crippen LogP) is 1.32. The molecule has 12 heteroatoms. The van der Waals surface area contributed by atoms with E-state index in [1.807, 2.05) is 27.7 Å². The number of nitrogens with one attached hydrogen (secondary N) is 2. The molecule has 0 aromatic carbocycles. The van der Waals surface area contributed by atoms with Gasteiger partial charge in [-0.3, -0.25) is 28.8 Å². The molecule has 0 aromatic rings. The van der Waals surface area contributed by atoms with Crippen molar-refractivity contribution in [2.75, 3.05) is 27.2 Å². The number of rotatable bonds is 4. The van der Waals surface area contributed by atoms with E-state index >= 15 is 0 Å². The zero-order valence-corrected chi connectivity index (χ0v) is 26.8. The molecule has 5 amide bonds. The minimum absolute atomic E-state index is 0.0337. The number of nitrogens with zero attached hydrogens (tertiary/aromatic N) is 3. The van der Waals surface area contributed by atoms with E-state index in [4.69, 9.17) is 4.74 Å². The molecule has 2 N–H and O–H groups in total. The van der Waals surface area contributed by atoms with E-state index in [1.165, 1.54) is 28.8 Å². The smallest absolute Gasteiger partial charge is 0.308 e. The Labute approximate surface area is 250 Å². The molecule has 0 aliphatic carbocycles. The van der Waals surface area contributed by atoms with Crippen molar-refractivity contribution in [1.82, 2.24) is 25.3 Å². The summed E-state index contributed by atoms with van der Waals surface area (Å²) in [5.41, 5.74) is 0.